The van der Waals surface area contributed by atoms with Crippen molar-refractivity contribution in [2.45, 2.75) is 20.3 Å². The van der Waals surface area contributed by atoms with Crippen LogP contribution in [0.2, 0.25) is 0 Å². The Morgan fingerprint density at radius 3 is 2.84 bits per heavy atom. The maximum atomic E-state index is 12.0. The van der Waals surface area contributed by atoms with Gasteiger partial charge in [-0.25, -0.2) is 0 Å². The van der Waals surface area contributed by atoms with Gasteiger partial charge in [-0.1, -0.05) is 0 Å². The van der Waals surface area contributed by atoms with Crippen LogP contribution in [-0.2, 0) is 11.2 Å². The third-order valence-electron chi connectivity index (χ3n) is 3.44. The van der Waals surface area contributed by atoms with Crippen molar-refractivity contribution in [1.82, 2.24) is 5.32 Å². The normalized spacial score (nSPS) is 13.6. The number of fused-ring (bicyclic) bond motifs is 1. The third-order valence-corrected chi connectivity index (χ3v) is 3.44. The van der Waals surface area contributed by atoms with Gasteiger partial charge in [0.1, 0.15) is 0 Å². The van der Waals surface area contributed by atoms with Gasteiger partial charge in [-0.2, -0.15) is 0 Å². The molecule has 1 aromatic rings. The van der Waals surface area contributed by atoms with E-state index in [1.807, 2.05) is 12.1 Å². The quantitative estimate of drug-likeness (QED) is 0.752. The first-order chi connectivity index (χ1) is 8.90. The van der Waals surface area contributed by atoms with E-state index in [1.54, 1.807) is 19.9 Å². The number of nitrogens with one attached hydrogen (secondary N) is 2. The minimum atomic E-state index is -0.742. The lowest BCUT2D eigenvalue weighted by molar-refractivity contribution is -0.125. The lowest BCUT2D eigenvalue weighted by Gasteiger charge is -2.20. The molecule has 0 saturated carbocycles. The highest BCUT2D eigenvalue weighted by Crippen LogP contribution is 2.23. The molecule has 0 saturated heterocycles. The van der Waals surface area contributed by atoms with Crippen LogP contribution in [0.5, 0.6) is 0 Å². The number of benzene rings is 1. The Morgan fingerprint density at radius 1 is 1.42 bits per heavy atom. The van der Waals surface area contributed by atoms with E-state index in [0.29, 0.717) is 5.56 Å². The molecule has 4 N–H and O–H groups in total. The number of hydrogen-bond donors (Lipinski definition) is 3. The molecule has 1 heterocycles. The van der Waals surface area contributed by atoms with Gasteiger partial charge >= 0.3 is 0 Å². The van der Waals surface area contributed by atoms with Crippen LogP contribution < -0.4 is 16.4 Å². The highest BCUT2D eigenvalue weighted by Gasteiger charge is 2.25. The number of amides is 2. The van der Waals surface area contributed by atoms with Crippen molar-refractivity contribution >= 4 is 17.5 Å². The molecule has 2 amide bonds. The lowest BCUT2D eigenvalue weighted by Crippen LogP contribution is -2.42. The van der Waals surface area contributed by atoms with E-state index in [1.165, 1.54) is 0 Å². The number of carbonyl (C=O) groups excluding carboxylic acids is 2. The second kappa shape index (κ2) is 4.91. The van der Waals surface area contributed by atoms with Crippen molar-refractivity contribution in [2.24, 2.45) is 11.1 Å². The second-order valence-corrected chi connectivity index (χ2v) is 5.48. The summed E-state index contributed by atoms with van der Waals surface area (Å²) in [6.45, 7) is 4.57. The Labute approximate surface area is 112 Å². The van der Waals surface area contributed by atoms with Crippen LogP contribution in [0, 0.1) is 5.41 Å². The maximum Gasteiger partial charge on any atom is 0.251 e. The molecule has 19 heavy (non-hydrogen) atoms. The van der Waals surface area contributed by atoms with E-state index in [9.17, 15) is 9.59 Å². The van der Waals surface area contributed by atoms with Crippen molar-refractivity contribution in [2.75, 3.05) is 18.4 Å². The van der Waals surface area contributed by atoms with Gasteiger partial charge in [0.15, 0.2) is 0 Å². The van der Waals surface area contributed by atoms with Crippen LogP contribution in [0.25, 0.3) is 0 Å². The molecule has 1 aliphatic rings. The van der Waals surface area contributed by atoms with Gasteiger partial charge in [0, 0.05) is 24.3 Å². The molecule has 0 radical (unpaired) electrons. The number of anilines is 1. The average molecular weight is 261 g/mol. The summed E-state index contributed by atoms with van der Waals surface area (Å²) in [6, 6.07) is 5.59. The second-order valence-electron chi connectivity index (χ2n) is 5.48. The number of primary amides is 1. The predicted octanol–water partition coefficient (Wildman–Crippen LogP) is 0.896. The predicted molar refractivity (Wildman–Crippen MR) is 73.9 cm³/mol. The molecule has 5 nitrogen and oxygen atoms in total. The summed E-state index contributed by atoms with van der Waals surface area (Å²) in [7, 11) is 0. The summed E-state index contributed by atoms with van der Waals surface area (Å²) in [6.07, 6.45) is 0.934. The smallest absolute Gasteiger partial charge is 0.251 e. The van der Waals surface area contributed by atoms with Crippen molar-refractivity contribution in [3.05, 3.63) is 29.3 Å². The Hall–Kier alpha value is -2.04. The molecule has 1 aromatic carbocycles. The van der Waals surface area contributed by atoms with Gasteiger partial charge in [-0.3, -0.25) is 9.59 Å². The lowest BCUT2D eigenvalue weighted by atomic mass is 9.92. The topological polar surface area (TPSA) is 84.2 Å². The Kier molecular flexibility index (Phi) is 3.46. The molecule has 0 aliphatic carbocycles. The molecule has 5 heteroatoms. The van der Waals surface area contributed by atoms with Gasteiger partial charge in [0.25, 0.3) is 5.91 Å². The van der Waals surface area contributed by atoms with Gasteiger partial charge in [0.2, 0.25) is 5.91 Å². The number of carbonyl (C=O) groups is 2. The van der Waals surface area contributed by atoms with Gasteiger partial charge in [-0.15, -0.1) is 0 Å². The molecule has 2 rings (SSSR count). The Balaban J connectivity index is 2.03. The van der Waals surface area contributed by atoms with Crippen molar-refractivity contribution in [3.63, 3.8) is 0 Å². The molecular weight excluding hydrogens is 242 g/mol. The highest BCUT2D eigenvalue weighted by molar-refractivity contribution is 5.95. The fraction of sp³-hybridized carbons (Fsp3) is 0.429. The molecule has 0 fully saturated rings. The molecule has 1 aliphatic heterocycles. The van der Waals surface area contributed by atoms with Crippen LogP contribution in [0.15, 0.2) is 18.2 Å². The SMILES string of the molecule is CC(C)(CNC(=O)c1ccc2c(c1)CCN2)C(N)=O. The van der Waals surface area contributed by atoms with E-state index in [0.717, 1.165) is 24.2 Å². The summed E-state index contributed by atoms with van der Waals surface area (Å²) < 4.78 is 0. The monoisotopic (exact) mass is 261 g/mol. The standard InChI is InChI=1S/C14H19N3O2/c1-14(2,13(15)19)8-17-12(18)10-3-4-11-9(7-10)5-6-16-11/h3-4,7,16H,5-6,8H2,1-2H3,(H2,15,19)(H,17,18). The van der Waals surface area contributed by atoms with Crippen LogP contribution in [0.4, 0.5) is 5.69 Å². The molecule has 0 aromatic heterocycles. The number of rotatable bonds is 4. The minimum absolute atomic E-state index is 0.177. The summed E-state index contributed by atoms with van der Waals surface area (Å²) >= 11 is 0. The van der Waals surface area contributed by atoms with Crippen LogP contribution >= 0.6 is 0 Å². The van der Waals surface area contributed by atoms with Crippen LogP contribution in [0.3, 0.4) is 0 Å². The molecule has 0 unspecified atom stereocenters. The Bertz CT molecular complexity index is 523. The third kappa shape index (κ3) is 2.86. The zero-order chi connectivity index (χ0) is 14.0. The van der Waals surface area contributed by atoms with Crippen molar-refractivity contribution in [1.29, 1.82) is 0 Å². The first-order valence-corrected chi connectivity index (χ1v) is 6.35. The fourth-order valence-electron chi connectivity index (χ4n) is 1.94. The summed E-state index contributed by atoms with van der Waals surface area (Å²) in [5, 5.41) is 6.00. The van der Waals surface area contributed by atoms with Crippen molar-refractivity contribution < 1.29 is 9.59 Å². The van der Waals surface area contributed by atoms with Crippen molar-refractivity contribution in [3.8, 4) is 0 Å². The molecule has 0 atom stereocenters. The van der Waals surface area contributed by atoms with Crippen LogP contribution in [-0.4, -0.2) is 24.9 Å². The zero-order valence-electron chi connectivity index (χ0n) is 11.2. The highest BCUT2D eigenvalue weighted by atomic mass is 16.2. The summed E-state index contributed by atoms with van der Waals surface area (Å²) in [5.41, 5.74) is 7.39. The number of hydrogen-bond acceptors (Lipinski definition) is 3. The molecular formula is C14H19N3O2. The summed E-state index contributed by atoms with van der Waals surface area (Å²) in [4.78, 5) is 23.2. The first kappa shape index (κ1) is 13.4. The molecule has 102 valence electrons. The summed E-state index contributed by atoms with van der Waals surface area (Å²) in [5.74, 6) is -0.602. The number of nitrogens with two attached hydrogens (primary N) is 1. The maximum absolute atomic E-state index is 12.0. The zero-order valence-corrected chi connectivity index (χ0v) is 11.2. The average Bonchev–Trinajstić information content (AvgIpc) is 2.82. The molecule has 0 spiro atoms. The van der Waals surface area contributed by atoms with Crippen LogP contribution in [0.1, 0.15) is 29.8 Å². The van der Waals surface area contributed by atoms with E-state index in [-0.39, 0.29) is 12.5 Å². The van der Waals surface area contributed by atoms with Gasteiger partial charge < -0.3 is 16.4 Å². The minimum Gasteiger partial charge on any atom is -0.384 e. The van der Waals surface area contributed by atoms with E-state index in [4.69, 9.17) is 5.73 Å². The van der Waals surface area contributed by atoms with Gasteiger partial charge in [-0.05, 0) is 44.0 Å². The molecule has 0 bridgehead atoms. The van der Waals surface area contributed by atoms with E-state index in [2.05, 4.69) is 10.6 Å². The fourth-order valence-corrected chi connectivity index (χ4v) is 1.94. The van der Waals surface area contributed by atoms with E-state index < -0.39 is 11.3 Å². The Morgan fingerprint density at radius 2 is 2.16 bits per heavy atom. The van der Waals surface area contributed by atoms with Gasteiger partial charge in [0.05, 0.1) is 5.41 Å². The van der Waals surface area contributed by atoms with E-state index >= 15 is 0 Å². The first-order valence-electron chi connectivity index (χ1n) is 6.35. The largest absolute Gasteiger partial charge is 0.384 e.